The van der Waals surface area contributed by atoms with Crippen molar-refractivity contribution in [3.63, 3.8) is 0 Å². The number of rotatable bonds is 3. The molecule has 2 N–H and O–H groups in total. The number of ether oxygens (including phenoxy) is 2. The zero-order chi connectivity index (χ0) is 27.6. The summed E-state index contributed by atoms with van der Waals surface area (Å²) in [4.78, 5) is 2.65. The molecule has 5 heteroatoms. The summed E-state index contributed by atoms with van der Waals surface area (Å²) in [5.74, 6) is 2.14. The third kappa shape index (κ3) is 5.31. The van der Waals surface area contributed by atoms with E-state index in [0.717, 1.165) is 32.4 Å². The van der Waals surface area contributed by atoms with Gasteiger partial charge in [-0.1, -0.05) is 54.5 Å². The summed E-state index contributed by atoms with van der Waals surface area (Å²) in [7, 11) is 3.25. The van der Waals surface area contributed by atoms with Gasteiger partial charge in [0.05, 0.1) is 5.60 Å². The van der Waals surface area contributed by atoms with Gasteiger partial charge >= 0.3 is 0 Å². The van der Waals surface area contributed by atoms with E-state index in [2.05, 4.69) is 58.1 Å². The minimum Gasteiger partial charge on any atom is -0.504 e. The monoisotopic (exact) mass is 505 g/mol. The maximum Gasteiger partial charge on any atom is 0.165 e. The van der Waals surface area contributed by atoms with E-state index in [1.54, 1.807) is 20.3 Å². The van der Waals surface area contributed by atoms with Crippen molar-refractivity contribution in [2.24, 2.45) is 23.2 Å². The number of aromatic hydroxyl groups is 1. The SMILES string of the molecule is CC.COC.Cc1ccc(O)c2c1C13CCN(CC(C)C)C(C)C1C[C@H]([C@](C)(O)C(C)(C)C)C[C@@H]3O2. The van der Waals surface area contributed by atoms with Gasteiger partial charge < -0.3 is 24.6 Å². The van der Waals surface area contributed by atoms with Crippen LogP contribution in [0, 0.1) is 30.1 Å². The molecular formula is C31H55NO4. The molecule has 1 aromatic rings. The van der Waals surface area contributed by atoms with E-state index in [9.17, 15) is 10.2 Å². The molecule has 2 aliphatic heterocycles. The Morgan fingerprint density at radius 2 is 1.72 bits per heavy atom. The predicted octanol–water partition coefficient (Wildman–Crippen LogP) is 6.56. The third-order valence-electron chi connectivity index (χ3n) is 9.23. The second-order valence-electron chi connectivity index (χ2n) is 12.7. The number of benzene rings is 1. The largest absolute Gasteiger partial charge is 0.504 e. The van der Waals surface area contributed by atoms with Crippen LogP contribution < -0.4 is 4.74 Å². The summed E-state index contributed by atoms with van der Waals surface area (Å²) in [5.41, 5.74) is 1.40. The normalized spacial score (nSPS) is 30.9. The van der Waals surface area contributed by atoms with Gasteiger partial charge in [0.2, 0.25) is 0 Å². The smallest absolute Gasteiger partial charge is 0.165 e. The maximum atomic E-state index is 11.7. The number of likely N-dealkylation sites (tertiary alicyclic amines) is 1. The molecule has 0 radical (unpaired) electrons. The number of nitrogens with zero attached hydrogens (tertiary/aromatic N) is 1. The first-order chi connectivity index (χ1) is 16.7. The lowest BCUT2D eigenvalue weighted by Gasteiger charge is -2.59. The first-order valence-electron chi connectivity index (χ1n) is 14.1. The number of piperidine rings is 1. The molecule has 6 atom stereocenters. The number of fused-ring (bicyclic) bond motifs is 1. The Balaban J connectivity index is 0.000000850. The van der Waals surface area contributed by atoms with Crippen molar-refractivity contribution in [3.8, 4) is 11.5 Å². The van der Waals surface area contributed by atoms with Crippen molar-refractivity contribution in [2.45, 2.75) is 112 Å². The Labute approximate surface area is 221 Å². The van der Waals surface area contributed by atoms with Crippen molar-refractivity contribution in [3.05, 3.63) is 23.3 Å². The summed E-state index contributed by atoms with van der Waals surface area (Å²) < 4.78 is 10.9. The molecule has 2 fully saturated rings. The van der Waals surface area contributed by atoms with Gasteiger partial charge in [-0.3, -0.25) is 0 Å². The molecule has 1 spiro atoms. The standard InChI is InChI=1S/C27H43NO3.C2H6O.C2H6/c1-16(2)15-28-12-11-27-20(18(28)4)13-19(26(8,30)25(5,6)7)14-22(27)31-24-21(29)10-9-17(3)23(24)27;1-3-2;1-2/h9-10,16,18-20,22,29-30H,11-15H2,1-8H3;1-2H3;1-2H3/t18?,19-,20?,22-,26-,27?;;/m0../s1. The van der Waals surface area contributed by atoms with E-state index in [0.29, 0.717) is 23.6 Å². The van der Waals surface area contributed by atoms with E-state index in [-0.39, 0.29) is 28.6 Å². The fraction of sp³-hybridized carbons (Fsp3) is 0.806. The van der Waals surface area contributed by atoms with Gasteiger partial charge in [-0.25, -0.2) is 0 Å². The van der Waals surface area contributed by atoms with E-state index < -0.39 is 5.60 Å². The first-order valence-corrected chi connectivity index (χ1v) is 14.1. The fourth-order valence-corrected chi connectivity index (χ4v) is 7.01. The Bertz CT molecular complexity index is 859. The van der Waals surface area contributed by atoms with E-state index in [1.165, 1.54) is 11.1 Å². The van der Waals surface area contributed by atoms with Crippen LogP contribution in [0.5, 0.6) is 11.5 Å². The third-order valence-corrected chi connectivity index (χ3v) is 9.23. The number of hydrogen-bond donors (Lipinski definition) is 2. The molecule has 2 heterocycles. The molecule has 1 saturated carbocycles. The Morgan fingerprint density at radius 3 is 2.25 bits per heavy atom. The minimum absolute atomic E-state index is 0.00993. The van der Waals surface area contributed by atoms with Crippen LogP contribution in [0.3, 0.4) is 0 Å². The molecule has 5 nitrogen and oxygen atoms in total. The van der Waals surface area contributed by atoms with Crippen LogP contribution in [-0.2, 0) is 10.2 Å². The Kier molecular flexibility index (Phi) is 9.98. The summed E-state index contributed by atoms with van der Waals surface area (Å²) in [6.07, 6.45) is 2.90. The molecule has 3 unspecified atom stereocenters. The highest BCUT2D eigenvalue weighted by atomic mass is 16.5. The van der Waals surface area contributed by atoms with Crippen molar-refractivity contribution < 1.29 is 19.7 Å². The average molecular weight is 506 g/mol. The summed E-state index contributed by atoms with van der Waals surface area (Å²) in [5, 5.41) is 22.4. The van der Waals surface area contributed by atoms with Gasteiger partial charge in [0.25, 0.3) is 0 Å². The van der Waals surface area contributed by atoms with Crippen LogP contribution in [0.15, 0.2) is 12.1 Å². The van der Waals surface area contributed by atoms with Gasteiger partial charge in [0, 0.05) is 37.8 Å². The molecule has 0 aromatic heterocycles. The molecule has 0 bridgehead atoms. The van der Waals surface area contributed by atoms with E-state index in [1.807, 2.05) is 26.8 Å². The molecule has 1 aliphatic carbocycles. The maximum absolute atomic E-state index is 11.7. The lowest BCUT2D eigenvalue weighted by atomic mass is 9.50. The molecule has 36 heavy (non-hydrogen) atoms. The summed E-state index contributed by atoms with van der Waals surface area (Å²) in [6.45, 7) is 23.8. The quantitative estimate of drug-likeness (QED) is 0.487. The number of methoxy groups -OCH3 is 1. The molecule has 208 valence electrons. The average Bonchev–Trinajstić information content (AvgIpc) is 3.14. The zero-order valence-corrected chi connectivity index (χ0v) is 25.2. The lowest BCUT2D eigenvalue weighted by molar-refractivity contribution is -0.145. The van der Waals surface area contributed by atoms with Gasteiger partial charge in [-0.15, -0.1) is 0 Å². The van der Waals surface area contributed by atoms with Gasteiger partial charge in [0.1, 0.15) is 6.10 Å². The predicted molar refractivity (Wildman–Crippen MR) is 150 cm³/mol. The van der Waals surface area contributed by atoms with Crippen LogP contribution in [0.25, 0.3) is 0 Å². The van der Waals surface area contributed by atoms with Crippen LogP contribution in [0.2, 0.25) is 0 Å². The highest BCUT2D eigenvalue weighted by molar-refractivity contribution is 5.58. The van der Waals surface area contributed by atoms with Gasteiger partial charge in [-0.05, 0) is 81.4 Å². The second kappa shape index (κ2) is 11.6. The van der Waals surface area contributed by atoms with Crippen LogP contribution in [0.1, 0.15) is 92.7 Å². The van der Waals surface area contributed by atoms with Gasteiger partial charge in [-0.2, -0.15) is 0 Å². The van der Waals surface area contributed by atoms with Crippen LogP contribution in [0.4, 0.5) is 0 Å². The van der Waals surface area contributed by atoms with Crippen LogP contribution in [-0.4, -0.2) is 60.2 Å². The Morgan fingerprint density at radius 1 is 1.14 bits per heavy atom. The fourth-order valence-electron chi connectivity index (χ4n) is 7.01. The number of phenolic OH excluding ortho intramolecular Hbond substituents is 1. The van der Waals surface area contributed by atoms with Crippen molar-refractivity contribution in [1.29, 1.82) is 0 Å². The highest BCUT2D eigenvalue weighted by Gasteiger charge is 2.64. The molecule has 1 saturated heterocycles. The second-order valence-corrected chi connectivity index (χ2v) is 12.7. The van der Waals surface area contributed by atoms with Gasteiger partial charge in [0.15, 0.2) is 11.5 Å². The van der Waals surface area contributed by atoms with Crippen molar-refractivity contribution in [1.82, 2.24) is 4.90 Å². The van der Waals surface area contributed by atoms with Crippen molar-refractivity contribution in [2.75, 3.05) is 27.3 Å². The molecule has 1 aromatic carbocycles. The van der Waals surface area contributed by atoms with Crippen molar-refractivity contribution >= 4 is 0 Å². The zero-order valence-electron chi connectivity index (χ0n) is 25.2. The number of hydrogen-bond acceptors (Lipinski definition) is 5. The summed E-state index contributed by atoms with van der Waals surface area (Å²) >= 11 is 0. The molecule has 4 rings (SSSR count). The number of aryl methyl sites for hydroxylation is 1. The Hall–Kier alpha value is -1.30. The minimum atomic E-state index is -0.783. The van der Waals surface area contributed by atoms with Crippen LogP contribution >= 0.6 is 0 Å². The molecular weight excluding hydrogens is 450 g/mol. The number of aliphatic hydroxyl groups is 1. The molecule has 0 amide bonds. The first kappa shape index (κ1) is 30.9. The topological polar surface area (TPSA) is 62.2 Å². The molecule has 3 aliphatic rings. The van der Waals surface area contributed by atoms with E-state index >= 15 is 0 Å². The lowest BCUT2D eigenvalue weighted by Crippen LogP contribution is -2.64. The summed E-state index contributed by atoms with van der Waals surface area (Å²) in [6, 6.07) is 4.24. The number of phenols is 1. The van der Waals surface area contributed by atoms with E-state index in [4.69, 9.17) is 4.74 Å². The highest BCUT2D eigenvalue weighted by Crippen LogP contribution is 2.63.